The van der Waals surface area contributed by atoms with Gasteiger partial charge in [-0.05, 0) is 30.3 Å². The van der Waals surface area contributed by atoms with Crippen LogP contribution < -0.4 is 4.74 Å². The van der Waals surface area contributed by atoms with Crippen LogP contribution in [-0.2, 0) is 16.8 Å². The first-order valence-electron chi connectivity index (χ1n) is 7.60. The van der Waals surface area contributed by atoms with Gasteiger partial charge < -0.3 is 4.74 Å². The lowest BCUT2D eigenvalue weighted by molar-refractivity contribution is -0.125. The van der Waals surface area contributed by atoms with E-state index in [0.29, 0.717) is 18.6 Å². The molecule has 2 aromatic carbocycles. The molecule has 0 radical (unpaired) electrons. The van der Waals surface area contributed by atoms with Crippen molar-refractivity contribution < 1.29 is 9.53 Å². The Labute approximate surface area is 131 Å². The van der Waals surface area contributed by atoms with Crippen LogP contribution in [-0.4, -0.2) is 31.4 Å². The maximum absolute atomic E-state index is 12.8. The Balaban J connectivity index is 2.04. The van der Waals surface area contributed by atoms with Crippen LogP contribution in [0.2, 0.25) is 0 Å². The van der Waals surface area contributed by atoms with Crippen molar-refractivity contribution in [2.75, 3.05) is 20.7 Å². The molecule has 1 atom stereocenters. The van der Waals surface area contributed by atoms with Gasteiger partial charge in [0.2, 0.25) is 0 Å². The maximum atomic E-state index is 12.8. The molecular formula is C19H21NO2. The number of nitrogens with zero attached hydrogens (tertiary/aromatic N) is 1. The summed E-state index contributed by atoms with van der Waals surface area (Å²) in [5.74, 6) is 1.11. The van der Waals surface area contributed by atoms with Gasteiger partial charge >= 0.3 is 0 Å². The monoisotopic (exact) mass is 295 g/mol. The number of carbonyl (C=O) groups is 1. The van der Waals surface area contributed by atoms with Gasteiger partial charge in [-0.25, -0.2) is 0 Å². The second kappa shape index (κ2) is 5.93. The van der Waals surface area contributed by atoms with Crippen molar-refractivity contribution in [2.45, 2.75) is 18.4 Å². The first-order chi connectivity index (χ1) is 10.7. The number of benzene rings is 2. The summed E-state index contributed by atoms with van der Waals surface area (Å²) in [6, 6.07) is 18.1. The number of methoxy groups -OCH3 is 1. The summed E-state index contributed by atoms with van der Waals surface area (Å²) in [7, 11) is 3.69. The summed E-state index contributed by atoms with van der Waals surface area (Å²) in [5.41, 5.74) is 1.66. The molecule has 22 heavy (non-hydrogen) atoms. The van der Waals surface area contributed by atoms with E-state index in [4.69, 9.17) is 4.74 Å². The summed E-state index contributed by atoms with van der Waals surface area (Å²) in [5, 5.41) is 0. The van der Waals surface area contributed by atoms with Crippen molar-refractivity contribution in [2.24, 2.45) is 0 Å². The normalized spacial score (nSPS) is 22.0. The average molecular weight is 295 g/mol. The molecule has 114 valence electrons. The number of likely N-dealkylation sites (tertiary alicyclic amines) is 1. The van der Waals surface area contributed by atoms with E-state index in [1.54, 1.807) is 7.11 Å². The summed E-state index contributed by atoms with van der Waals surface area (Å²) >= 11 is 0. The fraction of sp³-hybridized carbons (Fsp3) is 0.316. The van der Waals surface area contributed by atoms with Gasteiger partial charge in [0.15, 0.2) is 5.78 Å². The van der Waals surface area contributed by atoms with E-state index < -0.39 is 5.54 Å². The molecule has 1 fully saturated rings. The first-order valence-corrected chi connectivity index (χ1v) is 7.60. The molecule has 1 heterocycles. The molecule has 0 aromatic heterocycles. The molecule has 3 heteroatoms. The van der Waals surface area contributed by atoms with Crippen LogP contribution in [0.3, 0.4) is 0 Å². The first kappa shape index (κ1) is 14.8. The lowest BCUT2D eigenvalue weighted by Crippen LogP contribution is -2.45. The second-order valence-electron chi connectivity index (χ2n) is 5.85. The highest BCUT2D eigenvalue weighted by molar-refractivity contribution is 5.92. The third-order valence-electron chi connectivity index (χ3n) is 4.66. The molecule has 1 saturated heterocycles. The molecule has 0 aliphatic carbocycles. The van der Waals surface area contributed by atoms with Crippen molar-refractivity contribution in [3.8, 4) is 5.75 Å². The summed E-state index contributed by atoms with van der Waals surface area (Å²) in [4.78, 5) is 15.0. The van der Waals surface area contributed by atoms with Crippen LogP contribution in [0.1, 0.15) is 17.5 Å². The van der Waals surface area contributed by atoms with Crippen molar-refractivity contribution in [3.63, 3.8) is 0 Å². The molecule has 1 unspecified atom stereocenters. The Morgan fingerprint density at radius 3 is 2.32 bits per heavy atom. The van der Waals surface area contributed by atoms with Gasteiger partial charge in [-0.15, -0.1) is 0 Å². The highest BCUT2D eigenvalue weighted by Gasteiger charge is 2.47. The number of Topliss-reactive ketones (excluding diaryl/α,β-unsaturated/α-hetero) is 1. The van der Waals surface area contributed by atoms with Gasteiger partial charge in [0.1, 0.15) is 11.3 Å². The summed E-state index contributed by atoms with van der Waals surface area (Å²) in [6.07, 6.45) is 1.31. The summed E-state index contributed by atoms with van der Waals surface area (Å²) < 4.78 is 5.24. The second-order valence-corrected chi connectivity index (χ2v) is 5.85. The fourth-order valence-electron chi connectivity index (χ4n) is 3.35. The van der Waals surface area contributed by atoms with Gasteiger partial charge in [0.05, 0.1) is 7.11 Å². The third-order valence-corrected chi connectivity index (χ3v) is 4.66. The van der Waals surface area contributed by atoms with Gasteiger partial charge in [0, 0.05) is 19.4 Å². The van der Waals surface area contributed by atoms with Crippen LogP contribution in [0.4, 0.5) is 0 Å². The molecule has 1 aliphatic rings. The van der Waals surface area contributed by atoms with Crippen molar-refractivity contribution in [3.05, 3.63) is 65.7 Å². The molecule has 3 rings (SSSR count). The van der Waals surface area contributed by atoms with E-state index in [-0.39, 0.29) is 0 Å². The number of likely N-dealkylation sites (N-methyl/N-ethyl adjacent to an activating group) is 1. The molecule has 0 saturated carbocycles. The highest BCUT2D eigenvalue weighted by atomic mass is 16.5. The quantitative estimate of drug-likeness (QED) is 0.868. The lowest BCUT2D eigenvalue weighted by atomic mass is 9.81. The molecule has 2 aromatic rings. The zero-order chi connectivity index (χ0) is 15.6. The molecule has 1 aliphatic heterocycles. The van der Waals surface area contributed by atoms with Crippen molar-refractivity contribution >= 4 is 5.78 Å². The van der Waals surface area contributed by atoms with E-state index in [1.165, 1.54) is 5.56 Å². The average Bonchev–Trinajstić information content (AvgIpc) is 2.85. The van der Waals surface area contributed by atoms with Crippen molar-refractivity contribution in [1.29, 1.82) is 0 Å². The molecule has 0 N–H and O–H groups in total. The largest absolute Gasteiger partial charge is 0.497 e. The van der Waals surface area contributed by atoms with Crippen LogP contribution >= 0.6 is 0 Å². The molecule has 3 nitrogen and oxygen atoms in total. The maximum Gasteiger partial charge on any atom is 0.159 e. The minimum absolute atomic E-state index is 0.295. The van der Waals surface area contributed by atoms with E-state index in [1.807, 2.05) is 49.5 Å². The predicted octanol–water partition coefficient (Wildman–Crippen LogP) is 3.04. The van der Waals surface area contributed by atoms with Crippen LogP contribution in [0.25, 0.3) is 0 Å². The summed E-state index contributed by atoms with van der Waals surface area (Å²) in [6.45, 7) is 0.803. The van der Waals surface area contributed by atoms with Gasteiger partial charge in [0.25, 0.3) is 0 Å². The molecule has 0 bridgehead atoms. The SMILES string of the molecule is COc1ccc(C2(Cc3ccccc3)C(=O)CCN2C)cc1. The molecular weight excluding hydrogens is 274 g/mol. The van der Waals surface area contributed by atoms with E-state index in [2.05, 4.69) is 17.0 Å². The smallest absolute Gasteiger partial charge is 0.159 e. The Morgan fingerprint density at radius 1 is 1.09 bits per heavy atom. The highest BCUT2D eigenvalue weighted by Crippen LogP contribution is 2.38. The van der Waals surface area contributed by atoms with Crippen LogP contribution in [0.5, 0.6) is 5.75 Å². The van der Waals surface area contributed by atoms with E-state index in [9.17, 15) is 4.79 Å². The molecule has 0 spiro atoms. The lowest BCUT2D eigenvalue weighted by Gasteiger charge is -2.35. The Morgan fingerprint density at radius 2 is 1.77 bits per heavy atom. The number of hydrogen-bond donors (Lipinski definition) is 0. The minimum Gasteiger partial charge on any atom is -0.497 e. The standard InChI is InChI=1S/C19H21NO2/c1-20-13-12-18(21)19(20,14-15-6-4-3-5-7-15)16-8-10-17(22-2)11-9-16/h3-11H,12-14H2,1-2H3. The number of hydrogen-bond acceptors (Lipinski definition) is 3. The van der Waals surface area contributed by atoms with Crippen LogP contribution in [0.15, 0.2) is 54.6 Å². The van der Waals surface area contributed by atoms with Gasteiger partial charge in [-0.2, -0.15) is 0 Å². The number of ether oxygens (including phenoxy) is 1. The predicted molar refractivity (Wildman–Crippen MR) is 87.1 cm³/mol. The Bertz CT molecular complexity index is 651. The van der Waals surface area contributed by atoms with Crippen LogP contribution in [0, 0.1) is 0 Å². The fourth-order valence-corrected chi connectivity index (χ4v) is 3.35. The molecule has 0 amide bonds. The number of carbonyl (C=O) groups excluding carboxylic acids is 1. The number of rotatable bonds is 4. The zero-order valence-corrected chi connectivity index (χ0v) is 13.1. The van der Waals surface area contributed by atoms with Gasteiger partial charge in [-0.3, -0.25) is 9.69 Å². The van der Waals surface area contributed by atoms with Gasteiger partial charge in [-0.1, -0.05) is 42.5 Å². The third kappa shape index (κ3) is 2.42. The zero-order valence-electron chi connectivity index (χ0n) is 13.1. The minimum atomic E-state index is -0.562. The Hall–Kier alpha value is -2.13. The number of ketones is 1. The topological polar surface area (TPSA) is 29.5 Å². The van der Waals surface area contributed by atoms with E-state index in [0.717, 1.165) is 17.9 Å². The van der Waals surface area contributed by atoms with Crippen molar-refractivity contribution in [1.82, 2.24) is 4.90 Å². The Kier molecular flexibility index (Phi) is 3.99. The van der Waals surface area contributed by atoms with E-state index >= 15 is 0 Å².